The molecule has 1 atom stereocenters. The van der Waals surface area contributed by atoms with Crippen LogP contribution in [0.5, 0.6) is 0 Å². The first kappa shape index (κ1) is 17.1. The Morgan fingerprint density at radius 3 is 2.37 bits per heavy atom. The standard InChI is InChI=1S/C22H21N4O/c1-2-20-21(15-18-9-5-3-6-10-18)26(17-24-20,19-11-7-4-8-12-19)22(27)25-14-13-23-16-25/h3-14,16-17H,2,15H2,1H3/q+1. The van der Waals surface area contributed by atoms with Crippen LogP contribution in [0, 0.1) is 0 Å². The fourth-order valence-electron chi connectivity index (χ4n) is 3.53. The van der Waals surface area contributed by atoms with Gasteiger partial charge in [-0.1, -0.05) is 55.5 Å². The molecule has 1 amide bonds. The molecule has 0 N–H and O–H groups in total. The third-order valence-electron chi connectivity index (χ3n) is 4.89. The van der Waals surface area contributed by atoms with Crippen LogP contribution in [0.15, 0.2) is 95.8 Å². The van der Waals surface area contributed by atoms with E-state index in [2.05, 4.69) is 29.0 Å². The molecule has 5 heteroatoms. The quantitative estimate of drug-likeness (QED) is 0.632. The Bertz CT molecular complexity index is 991. The van der Waals surface area contributed by atoms with Crippen LogP contribution in [0.3, 0.4) is 0 Å². The summed E-state index contributed by atoms with van der Waals surface area (Å²) in [4.78, 5) is 22.4. The van der Waals surface area contributed by atoms with Crippen LogP contribution in [0.2, 0.25) is 0 Å². The van der Waals surface area contributed by atoms with Gasteiger partial charge < -0.3 is 0 Å². The lowest BCUT2D eigenvalue weighted by Gasteiger charge is -2.29. The van der Waals surface area contributed by atoms with Gasteiger partial charge in [-0.15, -0.1) is 4.48 Å². The molecule has 5 nitrogen and oxygen atoms in total. The van der Waals surface area contributed by atoms with Crippen molar-refractivity contribution in [1.29, 1.82) is 0 Å². The molecule has 0 aliphatic carbocycles. The molecule has 27 heavy (non-hydrogen) atoms. The maximum absolute atomic E-state index is 13.7. The first-order valence-corrected chi connectivity index (χ1v) is 9.04. The summed E-state index contributed by atoms with van der Waals surface area (Å²) in [5.74, 6) is 0. The maximum atomic E-state index is 13.7. The molecule has 3 aromatic rings. The van der Waals surface area contributed by atoms with Gasteiger partial charge in [-0.2, -0.15) is 0 Å². The molecule has 1 aliphatic heterocycles. The van der Waals surface area contributed by atoms with E-state index < -0.39 is 0 Å². The highest BCUT2D eigenvalue weighted by atomic mass is 16.2. The molecule has 0 saturated heterocycles. The molecule has 1 aromatic heterocycles. The molecule has 0 radical (unpaired) electrons. The molecule has 134 valence electrons. The number of aromatic nitrogens is 2. The second-order valence-corrected chi connectivity index (χ2v) is 6.46. The predicted molar refractivity (Wildman–Crippen MR) is 107 cm³/mol. The molecule has 0 saturated carbocycles. The number of hydrogen-bond acceptors (Lipinski definition) is 3. The number of carbonyl (C=O) groups excluding carboxylic acids is 1. The van der Waals surface area contributed by atoms with E-state index in [0.29, 0.717) is 6.42 Å². The van der Waals surface area contributed by atoms with Crippen LogP contribution < -0.4 is 4.48 Å². The average molecular weight is 357 g/mol. The van der Waals surface area contributed by atoms with Crippen molar-refractivity contribution in [2.75, 3.05) is 0 Å². The second-order valence-electron chi connectivity index (χ2n) is 6.46. The number of imidazole rings is 1. The van der Waals surface area contributed by atoms with E-state index >= 15 is 0 Å². The van der Waals surface area contributed by atoms with Crippen LogP contribution >= 0.6 is 0 Å². The van der Waals surface area contributed by atoms with E-state index in [1.54, 1.807) is 25.1 Å². The fourth-order valence-corrected chi connectivity index (χ4v) is 3.53. The Hall–Kier alpha value is -3.31. The summed E-state index contributed by atoms with van der Waals surface area (Å²) in [6.07, 6.45) is 8.02. The smallest absolute Gasteiger partial charge is 0.245 e. The van der Waals surface area contributed by atoms with Crippen molar-refractivity contribution < 1.29 is 4.79 Å². The van der Waals surface area contributed by atoms with Gasteiger partial charge >= 0.3 is 6.03 Å². The summed E-state index contributed by atoms with van der Waals surface area (Å²) < 4.78 is 1.48. The molecule has 0 fully saturated rings. The number of carbonyl (C=O) groups is 1. The number of aliphatic imine (C=N–C) groups is 1. The summed E-state index contributed by atoms with van der Waals surface area (Å²) in [6.45, 7) is 2.07. The number of allylic oxidation sites excluding steroid dienone is 2. The van der Waals surface area contributed by atoms with Gasteiger partial charge in [0, 0.05) is 24.5 Å². The molecule has 2 heterocycles. The van der Waals surface area contributed by atoms with Gasteiger partial charge in [0.05, 0.1) is 6.42 Å². The number of rotatable bonds is 4. The summed E-state index contributed by atoms with van der Waals surface area (Å²) in [6, 6.07) is 19.9. The zero-order valence-electron chi connectivity index (χ0n) is 15.2. The Balaban J connectivity index is 1.90. The van der Waals surface area contributed by atoms with Gasteiger partial charge in [-0.05, 0) is 12.0 Å². The highest BCUT2D eigenvalue weighted by Crippen LogP contribution is 2.37. The fraction of sp³-hybridized carbons (Fsp3) is 0.136. The normalized spacial score (nSPS) is 18.9. The zero-order chi connectivity index (χ0) is 18.7. The molecule has 4 rings (SSSR count). The molecule has 0 bridgehead atoms. The van der Waals surface area contributed by atoms with E-state index in [1.165, 1.54) is 4.57 Å². The van der Waals surface area contributed by atoms with Crippen molar-refractivity contribution >= 4 is 18.1 Å². The first-order valence-electron chi connectivity index (χ1n) is 9.04. The van der Waals surface area contributed by atoms with E-state index in [0.717, 1.165) is 29.1 Å². The summed E-state index contributed by atoms with van der Waals surface area (Å²) in [5, 5.41) is 0. The lowest BCUT2D eigenvalue weighted by Crippen LogP contribution is -2.53. The Labute approximate surface area is 158 Å². The Morgan fingerprint density at radius 2 is 1.74 bits per heavy atom. The van der Waals surface area contributed by atoms with Crippen LogP contribution in [-0.4, -0.2) is 21.9 Å². The van der Waals surface area contributed by atoms with E-state index in [9.17, 15) is 4.79 Å². The van der Waals surface area contributed by atoms with Crippen molar-refractivity contribution in [3.8, 4) is 0 Å². The Morgan fingerprint density at radius 1 is 1.04 bits per heavy atom. The topological polar surface area (TPSA) is 47.2 Å². The van der Waals surface area contributed by atoms with Crippen molar-refractivity contribution in [3.63, 3.8) is 0 Å². The predicted octanol–water partition coefficient (Wildman–Crippen LogP) is 4.76. The number of quaternary nitrogens is 1. The van der Waals surface area contributed by atoms with Gasteiger partial charge in [0.2, 0.25) is 6.34 Å². The summed E-state index contributed by atoms with van der Waals surface area (Å²) >= 11 is 0. The zero-order valence-corrected chi connectivity index (χ0v) is 15.2. The van der Waals surface area contributed by atoms with E-state index in [1.807, 2.05) is 48.5 Å². The molecule has 1 aliphatic rings. The number of nitrogens with zero attached hydrogens (tertiary/aromatic N) is 4. The number of para-hydroxylation sites is 1. The van der Waals surface area contributed by atoms with Crippen molar-refractivity contribution in [2.24, 2.45) is 4.99 Å². The minimum atomic E-state index is -0.114. The van der Waals surface area contributed by atoms with Gasteiger partial charge in [-0.3, -0.25) is 0 Å². The number of hydrogen-bond donors (Lipinski definition) is 0. The number of benzene rings is 2. The average Bonchev–Trinajstić information content (AvgIpc) is 3.38. The monoisotopic (exact) mass is 357 g/mol. The van der Waals surface area contributed by atoms with Gasteiger partial charge in [0.25, 0.3) is 0 Å². The highest BCUT2D eigenvalue weighted by Gasteiger charge is 2.48. The van der Waals surface area contributed by atoms with Gasteiger partial charge in [-0.25, -0.2) is 19.3 Å². The van der Waals surface area contributed by atoms with Crippen molar-refractivity contribution in [1.82, 2.24) is 14.0 Å². The Kier molecular flexibility index (Phi) is 4.52. The second kappa shape index (κ2) is 7.13. The molecule has 1 unspecified atom stereocenters. The largest absolute Gasteiger partial charge is 0.444 e. The third-order valence-corrected chi connectivity index (χ3v) is 4.89. The SMILES string of the molecule is CCC1=C(Cc2ccccc2)[N+](C(=O)n2ccnc2)(c2ccccc2)C=N1. The lowest BCUT2D eigenvalue weighted by atomic mass is 10.0. The van der Waals surface area contributed by atoms with Gasteiger partial charge in [0.1, 0.15) is 12.0 Å². The van der Waals surface area contributed by atoms with Crippen LogP contribution in [0.4, 0.5) is 10.5 Å². The minimum Gasteiger partial charge on any atom is -0.245 e. The molecule has 2 aromatic carbocycles. The third kappa shape index (κ3) is 2.92. The van der Waals surface area contributed by atoms with Gasteiger partial charge in [0.15, 0.2) is 11.4 Å². The summed E-state index contributed by atoms with van der Waals surface area (Å²) in [7, 11) is 0. The molecular formula is C22H21N4O+. The minimum absolute atomic E-state index is 0.0464. The maximum Gasteiger partial charge on any atom is 0.444 e. The van der Waals surface area contributed by atoms with Crippen LogP contribution in [0.1, 0.15) is 18.9 Å². The summed E-state index contributed by atoms with van der Waals surface area (Å²) in [5.41, 5.74) is 3.96. The molecule has 0 spiro atoms. The number of amides is 1. The van der Waals surface area contributed by atoms with Crippen molar-refractivity contribution in [2.45, 2.75) is 19.8 Å². The van der Waals surface area contributed by atoms with E-state index in [4.69, 9.17) is 0 Å². The highest BCUT2D eigenvalue weighted by molar-refractivity contribution is 6.06. The first-order chi connectivity index (χ1) is 13.3. The molecular weight excluding hydrogens is 336 g/mol. The van der Waals surface area contributed by atoms with E-state index in [-0.39, 0.29) is 10.5 Å². The van der Waals surface area contributed by atoms with Crippen molar-refractivity contribution in [3.05, 3.63) is 96.3 Å². The van der Waals surface area contributed by atoms with Crippen LogP contribution in [0.25, 0.3) is 0 Å². The lowest BCUT2D eigenvalue weighted by molar-refractivity contribution is 0.230. The van der Waals surface area contributed by atoms with Crippen LogP contribution in [-0.2, 0) is 6.42 Å².